The molecule has 1 aliphatic carbocycles. The van der Waals surface area contributed by atoms with E-state index in [1.165, 1.54) is 24.8 Å². The Morgan fingerprint density at radius 2 is 1.55 bits per heavy atom. The van der Waals surface area contributed by atoms with Gasteiger partial charge in [0.2, 0.25) is 0 Å². The van der Waals surface area contributed by atoms with Crippen molar-refractivity contribution in [3.63, 3.8) is 0 Å². The van der Waals surface area contributed by atoms with Crippen molar-refractivity contribution in [1.29, 1.82) is 0 Å². The number of benzene rings is 1. The van der Waals surface area contributed by atoms with Crippen molar-refractivity contribution in [3.8, 4) is 0 Å². The molecular weight excluding hydrogens is 268 g/mol. The number of hydrogen-bond acceptors (Lipinski definition) is 2. The van der Waals surface area contributed by atoms with E-state index in [9.17, 15) is 0 Å². The topological polar surface area (TPSA) is 52.0 Å². The van der Waals surface area contributed by atoms with Gasteiger partial charge in [0.1, 0.15) is 0 Å². The van der Waals surface area contributed by atoms with E-state index in [4.69, 9.17) is 11.5 Å². The molecule has 1 fully saturated rings. The Bertz CT molecular complexity index is 308. The first-order valence-corrected chi connectivity index (χ1v) is 8.44. The number of halogens is 1. The summed E-state index contributed by atoms with van der Waals surface area (Å²) in [4.78, 5) is 0. The number of alkyl halides is 1. The van der Waals surface area contributed by atoms with Crippen LogP contribution in [0.5, 0.6) is 0 Å². The minimum atomic E-state index is 0.301. The largest absolute Gasteiger partial charge is 0.328 e. The molecule has 0 radical (unpaired) electrons. The van der Waals surface area contributed by atoms with Gasteiger partial charge in [-0.3, -0.25) is 0 Å². The molecule has 1 atom stereocenters. The summed E-state index contributed by atoms with van der Waals surface area (Å²) in [6, 6.07) is 11.3. The molecule has 1 aromatic rings. The van der Waals surface area contributed by atoms with Gasteiger partial charge in [-0.2, -0.15) is 0 Å². The van der Waals surface area contributed by atoms with E-state index in [1.807, 2.05) is 13.8 Å². The van der Waals surface area contributed by atoms with Gasteiger partial charge in [0.15, 0.2) is 0 Å². The van der Waals surface area contributed by atoms with Crippen LogP contribution in [-0.2, 0) is 6.42 Å². The fraction of sp³-hybridized carbons (Fsp3) is 0.647. The molecule has 0 aliphatic heterocycles. The van der Waals surface area contributed by atoms with Crippen LogP contribution >= 0.6 is 11.6 Å². The predicted octanol–water partition coefficient (Wildman–Crippen LogP) is 3.96. The second-order valence-corrected chi connectivity index (χ2v) is 5.03. The molecule has 3 heteroatoms. The number of rotatable bonds is 3. The average Bonchev–Trinajstić information content (AvgIpc) is 2.53. The Hall–Kier alpha value is -0.570. The van der Waals surface area contributed by atoms with Crippen LogP contribution in [0.4, 0.5) is 0 Å². The molecule has 0 heterocycles. The van der Waals surface area contributed by atoms with Crippen molar-refractivity contribution < 1.29 is 0 Å². The smallest absolute Gasteiger partial charge is 0.0108 e. The van der Waals surface area contributed by atoms with E-state index in [0.717, 1.165) is 19.3 Å². The van der Waals surface area contributed by atoms with Crippen molar-refractivity contribution >= 4 is 11.6 Å². The Labute approximate surface area is 129 Å². The van der Waals surface area contributed by atoms with Crippen LogP contribution in [0.15, 0.2) is 30.3 Å². The first-order chi connectivity index (χ1) is 9.75. The molecule has 1 aliphatic rings. The fourth-order valence-electron chi connectivity index (χ4n) is 2.63. The quantitative estimate of drug-likeness (QED) is 0.830. The molecule has 0 aromatic heterocycles. The number of hydrogen-bond donors (Lipinski definition) is 2. The van der Waals surface area contributed by atoms with Gasteiger partial charge >= 0.3 is 0 Å². The SMILES string of the molecule is CC.CCl.NC1CCC(C(N)Cc2ccccc2)CC1. The summed E-state index contributed by atoms with van der Waals surface area (Å²) < 4.78 is 0. The molecule has 0 bridgehead atoms. The lowest BCUT2D eigenvalue weighted by molar-refractivity contribution is 0.281. The molecule has 0 saturated heterocycles. The Morgan fingerprint density at radius 3 is 2.05 bits per heavy atom. The molecular formula is C17H31ClN2. The van der Waals surface area contributed by atoms with Gasteiger partial charge in [-0.15, -0.1) is 11.6 Å². The monoisotopic (exact) mass is 298 g/mol. The highest BCUT2D eigenvalue weighted by Crippen LogP contribution is 2.26. The van der Waals surface area contributed by atoms with Crippen molar-refractivity contribution in [2.75, 3.05) is 6.38 Å². The zero-order chi connectivity index (χ0) is 15.4. The molecule has 2 nitrogen and oxygen atoms in total. The van der Waals surface area contributed by atoms with Crippen LogP contribution in [-0.4, -0.2) is 18.5 Å². The zero-order valence-electron chi connectivity index (χ0n) is 13.2. The van der Waals surface area contributed by atoms with Gasteiger partial charge in [-0.05, 0) is 43.6 Å². The molecule has 20 heavy (non-hydrogen) atoms. The van der Waals surface area contributed by atoms with Crippen molar-refractivity contribution in [2.45, 2.75) is 58.0 Å². The zero-order valence-corrected chi connectivity index (χ0v) is 13.9. The molecule has 0 amide bonds. The van der Waals surface area contributed by atoms with Crippen molar-refractivity contribution in [2.24, 2.45) is 17.4 Å². The third kappa shape index (κ3) is 7.28. The van der Waals surface area contributed by atoms with Gasteiger partial charge in [0, 0.05) is 18.5 Å². The summed E-state index contributed by atoms with van der Waals surface area (Å²) in [6.07, 6.45) is 7.17. The maximum atomic E-state index is 6.29. The van der Waals surface area contributed by atoms with E-state index in [2.05, 4.69) is 41.9 Å². The second-order valence-electron chi connectivity index (χ2n) is 5.03. The highest BCUT2D eigenvalue weighted by molar-refractivity contribution is 6.15. The van der Waals surface area contributed by atoms with Crippen LogP contribution < -0.4 is 11.5 Å². The molecule has 1 unspecified atom stereocenters. The summed E-state index contributed by atoms with van der Waals surface area (Å²) in [7, 11) is 0. The Kier molecular flexibility index (Phi) is 11.8. The standard InChI is InChI=1S/C14H22N2.C2H6.CH3Cl/c15-13-8-6-12(7-9-13)14(16)10-11-4-2-1-3-5-11;2*1-2/h1-5,12-14H,6-10,15-16H2;1-2H3;1H3. The molecule has 4 N–H and O–H groups in total. The summed E-state index contributed by atoms with van der Waals surface area (Å²) in [5, 5.41) is 0. The van der Waals surface area contributed by atoms with Gasteiger partial charge in [-0.25, -0.2) is 0 Å². The van der Waals surface area contributed by atoms with E-state index < -0.39 is 0 Å². The van der Waals surface area contributed by atoms with Crippen molar-refractivity contribution in [3.05, 3.63) is 35.9 Å². The fourth-order valence-corrected chi connectivity index (χ4v) is 2.63. The lowest BCUT2D eigenvalue weighted by atomic mass is 9.80. The summed E-state index contributed by atoms with van der Waals surface area (Å²) in [5.41, 5.74) is 13.5. The van der Waals surface area contributed by atoms with Crippen LogP contribution in [0.1, 0.15) is 45.1 Å². The van der Waals surface area contributed by atoms with Crippen molar-refractivity contribution in [1.82, 2.24) is 0 Å². The summed E-state index contributed by atoms with van der Waals surface area (Å²) in [5.74, 6) is 0.667. The molecule has 1 aromatic carbocycles. The van der Waals surface area contributed by atoms with Gasteiger partial charge < -0.3 is 11.5 Å². The lowest BCUT2D eigenvalue weighted by Crippen LogP contribution is -2.37. The highest BCUT2D eigenvalue weighted by Gasteiger charge is 2.23. The Morgan fingerprint density at radius 1 is 1.05 bits per heavy atom. The van der Waals surface area contributed by atoms with E-state index in [-0.39, 0.29) is 0 Å². The van der Waals surface area contributed by atoms with E-state index in [0.29, 0.717) is 18.0 Å². The van der Waals surface area contributed by atoms with Crippen LogP contribution in [0.3, 0.4) is 0 Å². The molecule has 1 saturated carbocycles. The van der Waals surface area contributed by atoms with Crippen LogP contribution in [0.25, 0.3) is 0 Å². The van der Waals surface area contributed by atoms with Crippen LogP contribution in [0.2, 0.25) is 0 Å². The average molecular weight is 299 g/mol. The minimum absolute atomic E-state index is 0.301. The molecule has 116 valence electrons. The van der Waals surface area contributed by atoms with Gasteiger partial charge in [0.05, 0.1) is 0 Å². The third-order valence-electron chi connectivity index (χ3n) is 3.74. The summed E-state index contributed by atoms with van der Waals surface area (Å²) in [6.45, 7) is 4.00. The lowest BCUT2D eigenvalue weighted by Gasteiger charge is -2.30. The van der Waals surface area contributed by atoms with Crippen LogP contribution in [0, 0.1) is 5.92 Å². The van der Waals surface area contributed by atoms with Gasteiger partial charge in [-0.1, -0.05) is 44.2 Å². The molecule has 0 spiro atoms. The Balaban J connectivity index is 0.000000829. The van der Waals surface area contributed by atoms with E-state index in [1.54, 1.807) is 0 Å². The first kappa shape index (κ1) is 19.4. The first-order valence-electron chi connectivity index (χ1n) is 7.68. The second kappa shape index (κ2) is 12.2. The highest BCUT2D eigenvalue weighted by atomic mass is 35.5. The molecule has 2 rings (SSSR count). The van der Waals surface area contributed by atoms with Gasteiger partial charge in [0.25, 0.3) is 0 Å². The van der Waals surface area contributed by atoms with E-state index >= 15 is 0 Å². The minimum Gasteiger partial charge on any atom is -0.328 e. The summed E-state index contributed by atoms with van der Waals surface area (Å²) >= 11 is 4.64. The third-order valence-corrected chi connectivity index (χ3v) is 3.74. The number of nitrogens with two attached hydrogens (primary N) is 2. The normalized spacial score (nSPS) is 22.7. The predicted molar refractivity (Wildman–Crippen MR) is 91.2 cm³/mol. The maximum Gasteiger partial charge on any atom is 0.0108 e. The maximum absolute atomic E-state index is 6.29.